The molecule has 2 N–H and O–H groups in total. The summed E-state index contributed by atoms with van der Waals surface area (Å²) in [5.41, 5.74) is -3.24. The van der Waals surface area contributed by atoms with Gasteiger partial charge in [0.05, 0.1) is 11.1 Å². The minimum absolute atomic E-state index is 0.0994. The van der Waals surface area contributed by atoms with Crippen LogP contribution in [0.5, 0.6) is 0 Å². The van der Waals surface area contributed by atoms with E-state index in [1.54, 1.807) is 0 Å². The summed E-state index contributed by atoms with van der Waals surface area (Å²) < 4.78 is 36.9. The average molecular weight is 231 g/mol. The van der Waals surface area contributed by atoms with Crippen LogP contribution in [0.2, 0.25) is 0 Å². The lowest BCUT2D eigenvalue weighted by Gasteiger charge is -2.06. The second-order valence-electron chi connectivity index (χ2n) is 3.03. The molecule has 0 aromatic carbocycles. The summed E-state index contributed by atoms with van der Waals surface area (Å²) in [5.74, 6) is 0. The Bertz CT molecular complexity index is 656. The topological polar surface area (TPSA) is 78.6 Å². The summed E-state index contributed by atoms with van der Waals surface area (Å²) in [6.45, 7) is 0. The molecule has 2 heterocycles. The summed E-state index contributed by atoms with van der Waals surface area (Å²) in [6, 6.07) is 0.708. The third-order valence-corrected chi connectivity index (χ3v) is 1.90. The Labute approximate surface area is 85.0 Å². The van der Waals surface area contributed by atoms with E-state index in [0.29, 0.717) is 12.3 Å². The van der Waals surface area contributed by atoms with Gasteiger partial charge in [-0.15, -0.1) is 0 Å². The monoisotopic (exact) mass is 231 g/mol. The standard InChI is InChI=1S/C8H4F3N3O2/c9-8(10,11)3-1-4-5(12-2-3)14-7(16)6(15)13-4/h1-2H,(H,13,15)(H,12,14,16). The molecular formula is C8H4F3N3O2. The number of aromatic nitrogens is 3. The number of fused-ring (bicyclic) bond motifs is 1. The summed E-state index contributed by atoms with van der Waals surface area (Å²) in [6.07, 6.45) is -3.97. The van der Waals surface area contributed by atoms with E-state index in [2.05, 4.69) is 9.97 Å². The smallest absolute Gasteiger partial charge is 0.315 e. The molecule has 2 aromatic heterocycles. The molecule has 16 heavy (non-hydrogen) atoms. The van der Waals surface area contributed by atoms with Crippen LogP contribution < -0.4 is 11.1 Å². The Morgan fingerprint density at radius 2 is 1.75 bits per heavy atom. The maximum absolute atomic E-state index is 12.3. The van der Waals surface area contributed by atoms with E-state index in [1.165, 1.54) is 0 Å². The Hall–Kier alpha value is -2.12. The van der Waals surface area contributed by atoms with Crippen molar-refractivity contribution in [3.8, 4) is 0 Å². The maximum atomic E-state index is 12.3. The summed E-state index contributed by atoms with van der Waals surface area (Å²) in [7, 11) is 0. The molecule has 0 saturated heterocycles. The van der Waals surface area contributed by atoms with Gasteiger partial charge in [-0.1, -0.05) is 0 Å². The van der Waals surface area contributed by atoms with Crippen molar-refractivity contribution >= 4 is 11.2 Å². The van der Waals surface area contributed by atoms with E-state index >= 15 is 0 Å². The first-order chi connectivity index (χ1) is 7.38. The molecule has 2 rings (SSSR count). The maximum Gasteiger partial charge on any atom is 0.417 e. The first kappa shape index (κ1) is 10.4. The van der Waals surface area contributed by atoms with E-state index in [4.69, 9.17) is 0 Å². The number of hydrogen-bond donors (Lipinski definition) is 2. The fourth-order valence-corrected chi connectivity index (χ4v) is 1.16. The van der Waals surface area contributed by atoms with Crippen LogP contribution in [-0.4, -0.2) is 15.0 Å². The van der Waals surface area contributed by atoms with Gasteiger partial charge in [-0.3, -0.25) is 9.59 Å². The lowest BCUT2D eigenvalue weighted by molar-refractivity contribution is -0.137. The second-order valence-corrected chi connectivity index (χ2v) is 3.03. The lowest BCUT2D eigenvalue weighted by Crippen LogP contribution is -2.29. The number of hydrogen-bond acceptors (Lipinski definition) is 3. The molecular weight excluding hydrogens is 227 g/mol. The normalized spacial score (nSPS) is 11.9. The molecule has 0 aliphatic heterocycles. The number of halogens is 3. The zero-order valence-electron chi connectivity index (χ0n) is 7.55. The van der Waals surface area contributed by atoms with Crippen molar-refractivity contribution in [2.24, 2.45) is 0 Å². The molecule has 0 spiro atoms. The predicted molar refractivity (Wildman–Crippen MR) is 48.0 cm³/mol. The van der Waals surface area contributed by atoms with Crippen LogP contribution in [0.3, 0.4) is 0 Å². The van der Waals surface area contributed by atoms with Crippen LogP contribution in [0.25, 0.3) is 11.2 Å². The van der Waals surface area contributed by atoms with Crippen molar-refractivity contribution in [2.45, 2.75) is 6.18 Å². The molecule has 0 atom stereocenters. The van der Waals surface area contributed by atoms with Crippen molar-refractivity contribution in [3.63, 3.8) is 0 Å². The minimum Gasteiger partial charge on any atom is -0.315 e. The highest BCUT2D eigenvalue weighted by Crippen LogP contribution is 2.29. The van der Waals surface area contributed by atoms with Crippen LogP contribution in [0, 0.1) is 0 Å². The highest BCUT2D eigenvalue weighted by atomic mass is 19.4. The number of alkyl halides is 3. The number of pyridine rings is 1. The van der Waals surface area contributed by atoms with Gasteiger partial charge in [0.15, 0.2) is 5.65 Å². The number of H-pyrrole nitrogens is 2. The fourth-order valence-electron chi connectivity index (χ4n) is 1.16. The Kier molecular flexibility index (Phi) is 2.07. The van der Waals surface area contributed by atoms with Crippen LogP contribution in [-0.2, 0) is 6.18 Å². The van der Waals surface area contributed by atoms with Gasteiger partial charge >= 0.3 is 17.3 Å². The third kappa shape index (κ3) is 1.69. The van der Waals surface area contributed by atoms with Crippen LogP contribution in [0.1, 0.15) is 5.56 Å². The number of aromatic amines is 2. The van der Waals surface area contributed by atoms with Gasteiger partial charge in [0.25, 0.3) is 0 Å². The molecule has 0 unspecified atom stereocenters. The Morgan fingerprint density at radius 1 is 1.12 bits per heavy atom. The summed E-state index contributed by atoms with van der Waals surface area (Å²) in [4.78, 5) is 29.2. The van der Waals surface area contributed by atoms with Gasteiger partial charge in [-0.25, -0.2) is 4.98 Å². The molecule has 84 valence electrons. The molecule has 0 fully saturated rings. The number of rotatable bonds is 0. The number of nitrogens with one attached hydrogen (secondary N) is 2. The molecule has 0 aliphatic carbocycles. The van der Waals surface area contributed by atoms with Gasteiger partial charge in [0.1, 0.15) is 0 Å². The van der Waals surface area contributed by atoms with Gasteiger partial charge in [-0.2, -0.15) is 13.2 Å². The quantitative estimate of drug-likeness (QED) is 0.652. The highest BCUT2D eigenvalue weighted by molar-refractivity contribution is 5.69. The van der Waals surface area contributed by atoms with Crippen LogP contribution in [0.4, 0.5) is 13.2 Å². The molecule has 0 bridgehead atoms. The van der Waals surface area contributed by atoms with Gasteiger partial charge in [0, 0.05) is 6.20 Å². The predicted octanol–water partition coefficient (Wildman–Crippen LogP) is 0.630. The van der Waals surface area contributed by atoms with Crippen molar-refractivity contribution in [2.75, 3.05) is 0 Å². The van der Waals surface area contributed by atoms with E-state index in [1.807, 2.05) is 4.98 Å². The van der Waals surface area contributed by atoms with Crippen LogP contribution >= 0.6 is 0 Å². The molecule has 5 nitrogen and oxygen atoms in total. The van der Waals surface area contributed by atoms with Crippen molar-refractivity contribution < 1.29 is 13.2 Å². The van der Waals surface area contributed by atoms with Crippen molar-refractivity contribution in [1.29, 1.82) is 0 Å². The average Bonchev–Trinajstić information content (AvgIpc) is 2.17. The molecule has 0 amide bonds. The largest absolute Gasteiger partial charge is 0.417 e. The molecule has 0 aliphatic rings. The fraction of sp³-hybridized carbons (Fsp3) is 0.125. The van der Waals surface area contributed by atoms with E-state index < -0.39 is 22.9 Å². The Morgan fingerprint density at radius 3 is 2.38 bits per heavy atom. The molecule has 0 saturated carbocycles. The first-order valence-corrected chi connectivity index (χ1v) is 4.07. The summed E-state index contributed by atoms with van der Waals surface area (Å²) in [5, 5.41) is 0. The Balaban J connectivity index is 2.77. The van der Waals surface area contributed by atoms with Gasteiger partial charge in [0.2, 0.25) is 0 Å². The lowest BCUT2D eigenvalue weighted by atomic mass is 10.2. The van der Waals surface area contributed by atoms with E-state index in [9.17, 15) is 22.8 Å². The zero-order valence-corrected chi connectivity index (χ0v) is 7.55. The molecule has 0 radical (unpaired) electrons. The van der Waals surface area contributed by atoms with Gasteiger partial charge < -0.3 is 9.97 Å². The molecule has 2 aromatic rings. The van der Waals surface area contributed by atoms with Crippen molar-refractivity contribution in [3.05, 3.63) is 38.5 Å². The molecule has 8 heteroatoms. The third-order valence-electron chi connectivity index (χ3n) is 1.90. The van der Waals surface area contributed by atoms with Crippen LogP contribution in [0.15, 0.2) is 21.9 Å². The van der Waals surface area contributed by atoms with Crippen molar-refractivity contribution in [1.82, 2.24) is 15.0 Å². The van der Waals surface area contributed by atoms with E-state index in [-0.39, 0.29) is 11.2 Å². The van der Waals surface area contributed by atoms with E-state index in [0.717, 1.165) is 0 Å². The first-order valence-electron chi connectivity index (χ1n) is 4.07. The minimum atomic E-state index is -4.55. The number of nitrogens with zero attached hydrogens (tertiary/aromatic N) is 1. The highest BCUT2D eigenvalue weighted by Gasteiger charge is 2.31. The zero-order chi connectivity index (χ0) is 11.9. The SMILES string of the molecule is O=c1[nH]c2cc(C(F)(F)F)cnc2[nH]c1=O. The summed E-state index contributed by atoms with van der Waals surface area (Å²) >= 11 is 0. The van der Waals surface area contributed by atoms with Gasteiger partial charge in [-0.05, 0) is 6.07 Å². The second kappa shape index (κ2) is 3.19.